The number of piperidine rings is 1. The molecule has 2 heterocycles. The van der Waals surface area contributed by atoms with Gasteiger partial charge in [-0.15, -0.1) is 0 Å². The first-order valence-corrected chi connectivity index (χ1v) is 7.17. The van der Waals surface area contributed by atoms with Crippen molar-refractivity contribution in [2.75, 3.05) is 6.54 Å². The van der Waals surface area contributed by atoms with Gasteiger partial charge in [-0.3, -0.25) is 4.79 Å². The first-order valence-electron chi connectivity index (χ1n) is 7.17. The van der Waals surface area contributed by atoms with Crippen molar-refractivity contribution in [3.05, 3.63) is 36.1 Å². The Kier molecular flexibility index (Phi) is 3.49. The lowest BCUT2D eigenvalue weighted by atomic mass is 9.89. The fourth-order valence-electron chi connectivity index (χ4n) is 2.99. The van der Waals surface area contributed by atoms with Crippen molar-refractivity contribution < 1.29 is 9.21 Å². The summed E-state index contributed by atoms with van der Waals surface area (Å²) in [7, 11) is 0. The summed E-state index contributed by atoms with van der Waals surface area (Å²) in [6.07, 6.45) is 2.63. The van der Waals surface area contributed by atoms with E-state index in [0.29, 0.717) is 17.5 Å². The molecule has 1 fully saturated rings. The highest BCUT2D eigenvalue weighted by atomic mass is 16.3. The van der Waals surface area contributed by atoms with Crippen LogP contribution in [0.3, 0.4) is 0 Å². The molecule has 2 aromatic rings. The van der Waals surface area contributed by atoms with Gasteiger partial charge in [-0.05, 0) is 31.9 Å². The summed E-state index contributed by atoms with van der Waals surface area (Å²) in [5.41, 5.74) is 1.37. The highest BCUT2D eigenvalue weighted by Crippen LogP contribution is 2.22. The van der Waals surface area contributed by atoms with Crippen LogP contribution in [0.4, 0.5) is 0 Å². The number of hydrogen-bond acceptors (Lipinski definition) is 3. The number of benzene rings is 1. The standard InChI is InChI=1S/C16H20N2O2/c1-10-7-8-17-11(2)15(10)18-16(19)13-9-20-14-6-4-3-5-12(13)14/h3-6,9-11,15,17H,7-8H2,1-2H3,(H,18,19). The SMILES string of the molecule is CC1CCNC(C)C1NC(=O)c1coc2ccccc12. The van der Waals surface area contributed by atoms with Crippen molar-refractivity contribution in [2.45, 2.75) is 32.4 Å². The molecule has 0 spiro atoms. The van der Waals surface area contributed by atoms with Crippen molar-refractivity contribution >= 4 is 16.9 Å². The molecule has 1 aliphatic rings. The largest absolute Gasteiger partial charge is 0.463 e. The van der Waals surface area contributed by atoms with E-state index < -0.39 is 0 Å². The molecular formula is C16H20N2O2. The molecule has 0 saturated carbocycles. The van der Waals surface area contributed by atoms with E-state index in [4.69, 9.17) is 4.42 Å². The molecule has 0 radical (unpaired) electrons. The minimum absolute atomic E-state index is 0.0534. The second kappa shape index (κ2) is 5.29. The Morgan fingerprint density at radius 2 is 2.15 bits per heavy atom. The molecule has 1 aromatic carbocycles. The van der Waals surface area contributed by atoms with E-state index in [1.807, 2.05) is 24.3 Å². The number of carbonyl (C=O) groups excluding carboxylic acids is 1. The van der Waals surface area contributed by atoms with E-state index in [0.717, 1.165) is 23.9 Å². The van der Waals surface area contributed by atoms with E-state index in [-0.39, 0.29) is 11.9 Å². The molecule has 0 bridgehead atoms. The molecule has 0 aliphatic carbocycles. The zero-order valence-electron chi connectivity index (χ0n) is 11.8. The molecule has 4 nitrogen and oxygen atoms in total. The van der Waals surface area contributed by atoms with Gasteiger partial charge in [0.05, 0.1) is 5.56 Å². The first-order chi connectivity index (χ1) is 9.66. The Hall–Kier alpha value is -1.81. The third kappa shape index (κ3) is 2.31. The predicted molar refractivity (Wildman–Crippen MR) is 78.7 cm³/mol. The summed E-state index contributed by atoms with van der Waals surface area (Å²) < 4.78 is 5.44. The van der Waals surface area contributed by atoms with Crippen LogP contribution in [-0.4, -0.2) is 24.5 Å². The molecule has 106 valence electrons. The van der Waals surface area contributed by atoms with Gasteiger partial charge in [0.25, 0.3) is 5.91 Å². The molecule has 4 heteroatoms. The number of fused-ring (bicyclic) bond motifs is 1. The van der Waals surface area contributed by atoms with Gasteiger partial charge in [0.2, 0.25) is 0 Å². The van der Waals surface area contributed by atoms with E-state index in [1.54, 1.807) is 6.26 Å². The van der Waals surface area contributed by atoms with Crippen LogP contribution in [0.25, 0.3) is 11.0 Å². The summed E-state index contributed by atoms with van der Waals surface area (Å²) in [6.45, 7) is 5.33. The molecule has 1 saturated heterocycles. The van der Waals surface area contributed by atoms with Gasteiger partial charge in [0, 0.05) is 17.5 Å². The highest BCUT2D eigenvalue weighted by molar-refractivity contribution is 6.06. The topological polar surface area (TPSA) is 54.3 Å². The van der Waals surface area contributed by atoms with E-state index in [2.05, 4.69) is 24.5 Å². The first kappa shape index (κ1) is 13.2. The molecule has 3 atom stereocenters. The molecule has 1 aliphatic heterocycles. The van der Waals surface area contributed by atoms with Crippen molar-refractivity contribution in [1.82, 2.24) is 10.6 Å². The number of rotatable bonds is 2. The third-order valence-corrected chi connectivity index (χ3v) is 4.24. The van der Waals surface area contributed by atoms with Crippen LogP contribution in [0.1, 0.15) is 30.6 Å². The monoisotopic (exact) mass is 272 g/mol. The maximum absolute atomic E-state index is 12.5. The third-order valence-electron chi connectivity index (χ3n) is 4.24. The second-order valence-corrected chi connectivity index (χ2v) is 5.65. The summed E-state index contributed by atoms with van der Waals surface area (Å²) in [5, 5.41) is 7.43. The van der Waals surface area contributed by atoms with Crippen LogP contribution in [0.15, 0.2) is 34.9 Å². The molecule has 3 unspecified atom stereocenters. The fraction of sp³-hybridized carbons (Fsp3) is 0.438. The van der Waals surface area contributed by atoms with Gasteiger partial charge in [-0.2, -0.15) is 0 Å². The quantitative estimate of drug-likeness (QED) is 0.883. The second-order valence-electron chi connectivity index (χ2n) is 5.65. The number of hydrogen-bond donors (Lipinski definition) is 2. The number of furan rings is 1. The Balaban J connectivity index is 1.82. The fourth-order valence-corrected chi connectivity index (χ4v) is 2.99. The normalized spacial score (nSPS) is 26.6. The smallest absolute Gasteiger partial charge is 0.255 e. The lowest BCUT2D eigenvalue weighted by Crippen LogP contribution is -2.55. The zero-order chi connectivity index (χ0) is 14.1. The Labute approximate surface area is 118 Å². The molecule has 20 heavy (non-hydrogen) atoms. The zero-order valence-corrected chi connectivity index (χ0v) is 11.8. The summed E-state index contributed by atoms with van der Waals surface area (Å²) >= 11 is 0. The summed E-state index contributed by atoms with van der Waals surface area (Å²) in [6, 6.07) is 8.06. The number of para-hydroxylation sites is 1. The molecule has 1 aromatic heterocycles. The Bertz CT molecular complexity index is 610. The molecule has 2 N–H and O–H groups in total. The minimum Gasteiger partial charge on any atom is -0.463 e. The summed E-state index contributed by atoms with van der Waals surface area (Å²) in [5.74, 6) is 0.427. The number of carbonyl (C=O) groups is 1. The van der Waals surface area contributed by atoms with Crippen LogP contribution >= 0.6 is 0 Å². The highest BCUT2D eigenvalue weighted by Gasteiger charge is 2.29. The van der Waals surface area contributed by atoms with Crippen LogP contribution in [0.2, 0.25) is 0 Å². The van der Waals surface area contributed by atoms with Crippen molar-refractivity contribution in [1.29, 1.82) is 0 Å². The average Bonchev–Trinajstić information content (AvgIpc) is 2.87. The predicted octanol–water partition coefficient (Wildman–Crippen LogP) is 2.55. The Morgan fingerprint density at radius 1 is 1.35 bits per heavy atom. The number of amides is 1. The van der Waals surface area contributed by atoms with E-state index in [1.165, 1.54) is 0 Å². The molecule has 3 rings (SSSR count). The van der Waals surface area contributed by atoms with Crippen molar-refractivity contribution in [3.63, 3.8) is 0 Å². The Morgan fingerprint density at radius 3 is 2.95 bits per heavy atom. The van der Waals surface area contributed by atoms with Crippen LogP contribution < -0.4 is 10.6 Å². The van der Waals surface area contributed by atoms with Gasteiger partial charge in [-0.25, -0.2) is 0 Å². The lowest BCUT2D eigenvalue weighted by molar-refractivity contribution is 0.0898. The van der Waals surface area contributed by atoms with E-state index in [9.17, 15) is 4.79 Å². The van der Waals surface area contributed by atoms with Gasteiger partial charge < -0.3 is 15.1 Å². The lowest BCUT2D eigenvalue weighted by Gasteiger charge is -2.35. The average molecular weight is 272 g/mol. The van der Waals surface area contributed by atoms with Crippen LogP contribution in [-0.2, 0) is 0 Å². The maximum atomic E-state index is 12.5. The van der Waals surface area contributed by atoms with Crippen LogP contribution in [0, 0.1) is 5.92 Å². The molecule has 1 amide bonds. The van der Waals surface area contributed by atoms with Gasteiger partial charge in [-0.1, -0.05) is 25.1 Å². The van der Waals surface area contributed by atoms with Crippen molar-refractivity contribution in [2.24, 2.45) is 5.92 Å². The van der Waals surface area contributed by atoms with Crippen LogP contribution in [0.5, 0.6) is 0 Å². The van der Waals surface area contributed by atoms with E-state index >= 15 is 0 Å². The number of nitrogens with one attached hydrogen (secondary N) is 2. The van der Waals surface area contributed by atoms with Gasteiger partial charge >= 0.3 is 0 Å². The minimum atomic E-state index is -0.0534. The van der Waals surface area contributed by atoms with Gasteiger partial charge in [0.15, 0.2) is 0 Å². The van der Waals surface area contributed by atoms with Gasteiger partial charge in [0.1, 0.15) is 11.8 Å². The van der Waals surface area contributed by atoms with Crippen molar-refractivity contribution in [3.8, 4) is 0 Å². The maximum Gasteiger partial charge on any atom is 0.255 e. The summed E-state index contributed by atoms with van der Waals surface area (Å²) in [4.78, 5) is 12.5. The molecular weight excluding hydrogens is 252 g/mol.